The molecule has 0 radical (unpaired) electrons. The van der Waals surface area contributed by atoms with Crippen molar-refractivity contribution in [2.75, 3.05) is 13.7 Å². The summed E-state index contributed by atoms with van der Waals surface area (Å²) in [5, 5.41) is 0. The smallest absolute Gasteiger partial charge is 0.306 e. The Kier molecular flexibility index (Phi) is 8.65. The number of hydrogen-bond acceptors (Lipinski definition) is 6. The second kappa shape index (κ2) is 11.9. The normalized spacial score (nSPS) is 14.2. The van der Waals surface area contributed by atoms with Gasteiger partial charge in [0.2, 0.25) is 0 Å². The van der Waals surface area contributed by atoms with E-state index in [-0.39, 0.29) is 29.7 Å². The van der Waals surface area contributed by atoms with Crippen LogP contribution < -0.4 is 9.47 Å². The molecule has 1 unspecified atom stereocenters. The number of aromatic nitrogens is 2. The molecule has 1 aliphatic carbocycles. The van der Waals surface area contributed by atoms with Gasteiger partial charge in [0.15, 0.2) is 0 Å². The van der Waals surface area contributed by atoms with Crippen molar-refractivity contribution in [3.8, 4) is 22.8 Å². The first-order chi connectivity index (χ1) is 18.2. The summed E-state index contributed by atoms with van der Waals surface area (Å²) in [4.78, 5) is 21.6. The molecule has 6 nitrogen and oxygen atoms in total. The Morgan fingerprint density at radius 3 is 2.61 bits per heavy atom. The van der Waals surface area contributed by atoms with Crippen LogP contribution in [0.4, 0.5) is 4.39 Å². The Bertz CT molecular complexity index is 1270. The molecule has 0 N–H and O–H groups in total. The molecule has 1 atom stereocenters. The molecule has 3 aromatic rings. The fraction of sp³-hybridized carbons (Fsp3) is 0.452. The number of halogens is 1. The lowest BCUT2D eigenvalue weighted by molar-refractivity contribution is -0.143. The minimum absolute atomic E-state index is 0.0800. The minimum atomic E-state index is -0.371. The van der Waals surface area contributed by atoms with Crippen LogP contribution in [-0.4, -0.2) is 29.7 Å². The molecule has 202 valence electrons. The van der Waals surface area contributed by atoms with Gasteiger partial charge in [-0.05, 0) is 79.3 Å². The fourth-order valence-corrected chi connectivity index (χ4v) is 4.65. The van der Waals surface area contributed by atoms with E-state index in [1.165, 1.54) is 6.07 Å². The lowest BCUT2D eigenvalue weighted by atomic mass is 9.88. The zero-order valence-corrected chi connectivity index (χ0v) is 22.9. The number of esters is 1. The van der Waals surface area contributed by atoms with Crippen LogP contribution in [0.3, 0.4) is 0 Å². The maximum Gasteiger partial charge on any atom is 0.306 e. The molecule has 1 fully saturated rings. The molecule has 0 amide bonds. The van der Waals surface area contributed by atoms with E-state index in [0.717, 1.165) is 18.4 Å². The molecule has 2 aromatic carbocycles. The summed E-state index contributed by atoms with van der Waals surface area (Å²) in [6.07, 6.45) is 4.89. The summed E-state index contributed by atoms with van der Waals surface area (Å²) in [5.74, 6) is 1.37. The number of carbonyl (C=O) groups excluding carboxylic acids is 1. The largest absolute Gasteiger partial charge is 0.497 e. The highest BCUT2D eigenvalue weighted by atomic mass is 19.1. The first-order valence-corrected chi connectivity index (χ1v) is 13.2. The van der Waals surface area contributed by atoms with E-state index in [1.807, 2.05) is 31.2 Å². The average Bonchev–Trinajstić information content (AvgIpc) is 3.71. The van der Waals surface area contributed by atoms with Crippen LogP contribution in [0.2, 0.25) is 0 Å². The number of ether oxygens (including phenoxy) is 3. The highest BCUT2D eigenvalue weighted by Gasteiger charge is 2.34. The zero-order chi connectivity index (χ0) is 27.3. The standard InChI is InChI=1S/C31H37FN2O4/c1-6-37-29(35)16-25(20-10-11-20)21-8-7-9-24(14-21)38-19-22-18-33-30(28(34-22)17-31(2,3)4)26-15-23(36-5)12-13-27(26)32/h7-9,12-15,18,20,25H,6,10-11,16-17,19H2,1-5H3. The number of hydrogen-bond donors (Lipinski definition) is 0. The van der Waals surface area contributed by atoms with Crippen molar-refractivity contribution >= 4 is 5.97 Å². The average molecular weight is 521 g/mol. The molecule has 7 heteroatoms. The van der Waals surface area contributed by atoms with Crippen molar-refractivity contribution in [2.45, 2.75) is 65.9 Å². The first kappa shape index (κ1) is 27.6. The van der Waals surface area contributed by atoms with Crippen LogP contribution in [0.15, 0.2) is 48.7 Å². The van der Waals surface area contributed by atoms with Gasteiger partial charge in [0.05, 0.1) is 43.4 Å². The fourth-order valence-electron chi connectivity index (χ4n) is 4.65. The Balaban J connectivity index is 1.55. The predicted octanol–water partition coefficient (Wildman–Crippen LogP) is 6.91. The van der Waals surface area contributed by atoms with Crippen molar-refractivity contribution in [3.63, 3.8) is 0 Å². The van der Waals surface area contributed by atoms with Gasteiger partial charge in [0.25, 0.3) is 0 Å². The van der Waals surface area contributed by atoms with Gasteiger partial charge in [-0.2, -0.15) is 0 Å². The number of benzene rings is 2. The SMILES string of the molecule is CCOC(=O)CC(c1cccc(OCc2cnc(-c3cc(OC)ccc3F)c(CC(C)(C)C)n2)c1)C1CC1. The van der Waals surface area contributed by atoms with Crippen LogP contribution in [0.25, 0.3) is 11.3 Å². The number of nitrogens with zero attached hydrogens (tertiary/aromatic N) is 2. The lowest BCUT2D eigenvalue weighted by Gasteiger charge is -2.20. The predicted molar refractivity (Wildman–Crippen MR) is 145 cm³/mol. The number of carbonyl (C=O) groups is 1. The minimum Gasteiger partial charge on any atom is -0.497 e. The molecule has 38 heavy (non-hydrogen) atoms. The highest BCUT2D eigenvalue weighted by molar-refractivity contribution is 5.70. The molecule has 0 saturated heterocycles. The second-order valence-corrected chi connectivity index (χ2v) is 11.1. The van der Waals surface area contributed by atoms with E-state index in [4.69, 9.17) is 19.2 Å². The van der Waals surface area contributed by atoms with Crippen LogP contribution in [0.5, 0.6) is 11.5 Å². The molecule has 4 rings (SSSR count). The van der Waals surface area contributed by atoms with E-state index in [9.17, 15) is 9.18 Å². The third-order valence-corrected chi connectivity index (χ3v) is 6.58. The lowest BCUT2D eigenvalue weighted by Crippen LogP contribution is -2.14. The van der Waals surface area contributed by atoms with E-state index in [1.54, 1.807) is 25.4 Å². The van der Waals surface area contributed by atoms with Gasteiger partial charge in [0.1, 0.15) is 23.9 Å². The van der Waals surface area contributed by atoms with Crippen LogP contribution in [-0.2, 0) is 22.6 Å². The highest BCUT2D eigenvalue weighted by Crippen LogP contribution is 2.45. The maximum absolute atomic E-state index is 14.8. The van der Waals surface area contributed by atoms with Crippen molar-refractivity contribution < 1.29 is 23.4 Å². The second-order valence-electron chi connectivity index (χ2n) is 11.1. The van der Waals surface area contributed by atoms with Gasteiger partial charge in [-0.3, -0.25) is 14.8 Å². The van der Waals surface area contributed by atoms with Crippen LogP contribution >= 0.6 is 0 Å². The number of methoxy groups -OCH3 is 1. The summed E-state index contributed by atoms with van der Waals surface area (Å²) in [5.41, 5.74) is 3.25. The van der Waals surface area contributed by atoms with Gasteiger partial charge in [-0.15, -0.1) is 0 Å². The van der Waals surface area contributed by atoms with Crippen molar-refractivity contribution in [1.82, 2.24) is 9.97 Å². The molecule has 0 spiro atoms. The van der Waals surface area contributed by atoms with Gasteiger partial charge in [0, 0.05) is 5.56 Å². The molecule has 1 aliphatic rings. The van der Waals surface area contributed by atoms with E-state index >= 15 is 0 Å². The molecule has 0 aliphatic heterocycles. The van der Waals surface area contributed by atoms with Crippen LogP contribution in [0, 0.1) is 17.2 Å². The summed E-state index contributed by atoms with van der Waals surface area (Å²) < 4.78 is 31.4. The third kappa shape index (κ3) is 7.30. The molecule has 1 saturated carbocycles. The summed E-state index contributed by atoms with van der Waals surface area (Å²) in [6, 6.07) is 12.5. The van der Waals surface area contributed by atoms with E-state index < -0.39 is 0 Å². The molecular formula is C31H37FN2O4. The van der Waals surface area contributed by atoms with Gasteiger partial charge >= 0.3 is 5.97 Å². The molecule has 1 aromatic heterocycles. The third-order valence-electron chi connectivity index (χ3n) is 6.58. The van der Waals surface area contributed by atoms with Gasteiger partial charge in [-0.1, -0.05) is 32.9 Å². The Labute approximate surface area is 224 Å². The van der Waals surface area contributed by atoms with Crippen LogP contribution in [0.1, 0.15) is 69.8 Å². The maximum atomic E-state index is 14.8. The first-order valence-electron chi connectivity index (χ1n) is 13.2. The number of rotatable bonds is 11. The monoisotopic (exact) mass is 520 g/mol. The van der Waals surface area contributed by atoms with Crippen molar-refractivity contribution in [3.05, 3.63) is 71.4 Å². The summed E-state index contributed by atoms with van der Waals surface area (Å²) in [7, 11) is 1.55. The zero-order valence-electron chi connectivity index (χ0n) is 22.9. The molecular weight excluding hydrogens is 483 g/mol. The van der Waals surface area contributed by atoms with E-state index in [2.05, 4.69) is 25.8 Å². The summed E-state index contributed by atoms with van der Waals surface area (Å²) in [6.45, 7) is 8.78. The van der Waals surface area contributed by atoms with E-state index in [0.29, 0.717) is 59.5 Å². The topological polar surface area (TPSA) is 70.5 Å². The quantitative estimate of drug-likeness (QED) is 0.256. The van der Waals surface area contributed by atoms with Crippen molar-refractivity contribution in [2.24, 2.45) is 11.3 Å². The molecule has 1 heterocycles. The Hall–Kier alpha value is -3.48. The van der Waals surface area contributed by atoms with Gasteiger partial charge < -0.3 is 14.2 Å². The molecule has 0 bridgehead atoms. The Morgan fingerprint density at radius 1 is 1.13 bits per heavy atom. The van der Waals surface area contributed by atoms with Gasteiger partial charge in [-0.25, -0.2) is 4.39 Å². The van der Waals surface area contributed by atoms with Crippen molar-refractivity contribution in [1.29, 1.82) is 0 Å². The Morgan fingerprint density at radius 2 is 1.92 bits per heavy atom. The summed E-state index contributed by atoms with van der Waals surface area (Å²) >= 11 is 0.